The number of amides is 1. The number of carbonyl (C=O) groups excluding carboxylic acids is 1. The van der Waals surface area contributed by atoms with Crippen LogP contribution >= 0.6 is 39.9 Å². The lowest BCUT2D eigenvalue weighted by molar-refractivity contribution is -0.115. The highest BCUT2D eigenvalue weighted by molar-refractivity contribution is 9.10. The zero-order valence-electron chi connectivity index (χ0n) is 16.9. The molecule has 1 heterocycles. The molecule has 1 aliphatic heterocycles. The van der Waals surface area contributed by atoms with E-state index >= 15 is 0 Å². The van der Waals surface area contributed by atoms with Crippen molar-refractivity contribution in [2.24, 2.45) is 0 Å². The fourth-order valence-electron chi connectivity index (χ4n) is 2.97. The second kappa shape index (κ2) is 10.3. The average Bonchev–Trinajstić information content (AvgIpc) is 2.97. The molecule has 5 nitrogen and oxygen atoms in total. The van der Waals surface area contributed by atoms with Crippen molar-refractivity contribution in [3.63, 3.8) is 0 Å². The lowest BCUT2D eigenvalue weighted by Crippen LogP contribution is -2.17. The highest BCUT2D eigenvalue weighted by Crippen LogP contribution is 2.38. The number of thiocarbonyl (C=S) groups is 1. The van der Waals surface area contributed by atoms with Gasteiger partial charge in [0, 0.05) is 0 Å². The van der Waals surface area contributed by atoms with E-state index in [0.29, 0.717) is 40.5 Å². The van der Waals surface area contributed by atoms with Crippen LogP contribution in [-0.2, 0) is 4.79 Å². The van der Waals surface area contributed by atoms with E-state index in [2.05, 4.69) is 27.3 Å². The molecule has 1 aliphatic rings. The van der Waals surface area contributed by atoms with Crippen molar-refractivity contribution in [1.82, 2.24) is 5.32 Å². The average molecular weight is 508 g/mol. The first kappa shape index (κ1) is 22.7. The van der Waals surface area contributed by atoms with Gasteiger partial charge in [-0.25, -0.2) is 0 Å². The smallest absolute Gasteiger partial charge is 0.263 e. The van der Waals surface area contributed by atoms with Gasteiger partial charge in [-0.3, -0.25) is 4.79 Å². The molecule has 3 rings (SSSR count). The molecule has 0 radical (unpaired) electrons. The summed E-state index contributed by atoms with van der Waals surface area (Å²) in [7, 11) is 0. The van der Waals surface area contributed by atoms with E-state index in [1.807, 2.05) is 45.0 Å². The van der Waals surface area contributed by atoms with Gasteiger partial charge in [0.25, 0.3) is 5.91 Å². The van der Waals surface area contributed by atoms with Gasteiger partial charge < -0.3 is 19.5 Å². The third kappa shape index (κ3) is 6.00. The van der Waals surface area contributed by atoms with Crippen LogP contribution in [0.25, 0.3) is 6.08 Å². The topological polar surface area (TPSA) is 56.8 Å². The molecular formula is C22H22BrNO4S2. The minimum absolute atomic E-state index is 0.192. The first-order chi connectivity index (χ1) is 14.4. The predicted octanol–water partition coefficient (Wildman–Crippen LogP) is 5.41. The van der Waals surface area contributed by atoms with E-state index in [9.17, 15) is 4.79 Å². The van der Waals surface area contributed by atoms with Crippen molar-refractivity contribution in [1.29, 1.82) is 0 Å². The molecule has 0 aliphatic carbocycles. The first-order valence-corrected chi connectivity index (χ1v) is 11.4. The van der Waals surface area contributed by atoms with Gasteiger partial charge in [-0.2, -0.15) is 0 Å². The number of ether oxygens (including phenoxy) is 3. The summed E-state index contributed by atoms with van der Waals surface area (Å²) in [5, 5.41) is 2.61. The Labute approximate surface area is 194 Å². The molecule has 0 saturated carbocycles. The SMILES string of the molecule is CCOc1cc(C=C2SC(=S)NC2=O)cc(Br)c1OCCOc1cc(C)cc(C)c1. The number of aryl methyl sites for hydroxylation is 2. The summed E-state index contributed by atoms with van der Waals surface area (Å²) in [5.41, 5.74) is 3.13. The molecule has 30 heavy (non-hydrogen) atoms. The van der Waals surface area contributed by atoms with Crippen LogP contribution in [0.15, 0.2) is 39.7 Å². The van der Waals surface area contributed by atoms with E-state index in [1.165, 1.54) is 11.8 Å². The van der Waals surface area contributed by atoms with Crippen molar-refractivity contribution in [3.8, 4) is 17.2 Å². The van der Waals surface area contributed by atoms with Crippen LogP contribution in [0.2, 0.25) is 0 Å². The fraction of sp³-hybridized carbons (Fsp3) is 0.273. The molecule has 1 amide bonds. The number of carbonyl (C=O) groups is 1. The molecule has 0 aromatic heterocycles. The number of hydrogen-bond acceptors (Lipinski definition) is 6. The fourth-order valence-corrected chi connectivity index (χ4v) is 4.58. The molecule has 0 spiro atoms. The summed E-state index contributed by atoms with van der Waals surface area (Å²) in [6.07, 6.45) is 1.78. The standard InChI is InChI=1S/C22H22BrNO4S2/c1-4-26-18-11-15(12-19-21(25)24-22(29)30-19)10-17(23)20(18)28-6-5-27-16-8-13(2)7-14(3)9-16/h7-12H,4-6H2,1-3H3,(H,24,25,29). The van der Waals surface area contributed by atoms with Crippen LogP contribution in [0.4, 0.5) is 0 Å². The van der Waals surface area contributed by atoms with E-state index < -0.39 is 0 Å². The van der Waals surface area contributed by atoms with Crippen LogP contribution in [-0.4, -0.2) is 30.0 Å². The van der Waals surface area contributed by atoms with Crippen LogP contribution in [0.3, 0.4) is 0 Å². The monoisotopic (exact) mass is 507 g/mol. The predicted molar refractivity (Wildman–Crippen MR) is 129 cm³/mol. The molecule has 0 unspecified atom stereocenters. The third-order valence-corrected chi connectivity index (χ3v) is 5.82. The number of rotatable bonds is 8. The van der Waals surface area contributed by atoms with E-state index in [1.54, 1.807) is 6.08 Å². The molecule has 158 valence electrons. The molecule has 1 saturated heterocycles. The minimum atomic E-state index is -0.192. The number of benzene rings is 2. The van der Waals surface area contributed by atoms with E-state index in [0.717, 1.165) is 26.9 Å². The van der Waals surface area contributed by atoms with Crippen molar-refractivity contribution in [2.45, 2.75) is 20.8 Å². The van der Waals surface area contributed by atoms with Crippen LogP contribution < -0.4 is 19.5 Å². The van der Waals surface area contributed by atoms with Crippen LogP contribution in [0.1, 0.15) is 23.6 Å². The zero-order chi connectivity index (χ0) is 21.7. The second-order valence-electron chi connectivity index (χ2n) is 6.64. The van der Waals surface area contributed by atoms with Gasteiger partial charge in [0.05, 0.1) is 16.0 Å². The Morgan fingerprint density at radius 1 is 1.07 bits per heavy atom. The summed E-state index contributed by atoms with van der Waals surface area (Å²) < 4.78 is 18.7. The van der Waals surface area contributed by atoms with Crippen molar-refractivity contribution < 1.29 is 19.0 Å². The molecule has 2 aromatic carbocycles. The maximum Gasteiger partial charge on any atom is 0.263 e. The summed E-state index contributed by atoms with van der Waals surface area (Å²) in [5.74, 6) is 1.83. The van der Waals surface area contributed by atoms with Crippen molar-refractivity contribution in [3.05, 3.63) is 56.4 Å². The van der Waals surface area contributed by atoms with E-state index in [-0.39, 0.29) is 5.91 Å². The number of hydrogen-bond donors (Lipinski definition) is 1. The zero-order valence-corrected chi connectivity index (χ0v) is 20.1. The van der Waals surface area contributed by atoms with Crippen LogP contribution in [0, 0.1) is 13.8 Å². The maximum absolute atomic E-state index is 11.9. The Bertz CT molecular complexity index is 987. The normalized spacial score (nSPS) is 14.7. The largest absolute Gasteiger partial charge is 0.490 e. The number of thioether (sulfide) groups is 1. The van der Waals surface area contributed by atoms with Gasteiger partial charge >= 0.3 is 0 Å². The number of halogens is 1. The molecule has 1 fully saturated rings. The molecular weight excluding hydrogens is 486 g/mol. The minimum Gasteiger partial charge on any atom is -0.490 e. The van der Waals surface area contributed by atoms with Gasteiger partial charge in [-0.05, 0) is 83.7 Å². The Morgan fingerprint density at radius 2 is 1.77 bits per heavy atom. The van der Waals surface area contributed by atoms with Crippen LogP contribution in [0.5, 0.6) is 17.2 Å². The Hall–Kier alpha value is -2.03. The second-order valence-corrected chi connectivity index (χ2v) is 9.21. The summed E-state index contributed by atoms with van der Waals surface area (Å²) >= 11 is 9.83. The molecule has 8 heteroatoms. The Morgan fingerprint density at radius 3 is 2.40 bits per heavy atom. The summed E-state index contributed by atoms with van der Waals surface area (Å²) in [4.78, 5) is 12.5. The van der Waals surface area contributed by atoms with Gasteiger partial charge in [0.15, 0.2) is 11.5 Å². The highest BCUT2D eigenvalue weighted by atomic mass is 79.9. The first-order valence-electron chi connectivity index (χ1n) is 9.41. The molecule has 0 bridgehead atoms. The van der Waals surface area contributed by atoms with Crippen molar-refractivity contribution in [2.75, 3.05) is 19.8 Å². The Balaban J connectivity index is 1.70. The highest BCUT2D eigenvalue weighted by Gasteiger charge is 2.22. The lowest BCUT2D eigenvalue weighted by Gasteiger charge is -2.15. The van der Waals surface area contributed by atoms with Gasteiger partial charge in [-0.1, -0.05) is 30.0 Å². The quantitative estimate of drug-likeness (QED) is 0.292. The summed E-state index contributed by atoms with van der Waals surface area (Å²) in [6.45, 7) is 7.24. The van der Waals surface area contributed by atoms with Crippen molar-refractivity contribution >= 4 is 56.2 Å². The number of nitrogens with one attached hydrogen (secondary N) is 1. The molecule has 0 atom stereocenters. The van der Waals surface area contributed by atoms with Gasteiger partial charge in [-0.15, -0.1) is 0 Å². The third-order valence-electron chi connectivity index (χ3n) is 4.07. The van der Waals surface area contributed by atoms with Gasteiger partial charge in [0.1, 0.15) is 23.3 Å². The molecule has 2 aromatic rings. The summed E-state index contributed by atoms with van der Waals surface area (Å²) in [6, 6.07) is 9.83. The molecule has 1 N–H and O–H groups in total. The van der Waals surface area contributed by atoms with Gasteiger partial charge in [0.2, 0.25) is 0 Å². The van der Waals surface area contributed by atoms with E-state index in [4.69, 9.17) is 26.4 Å². The Kier molecular flexibility index (Phi) is 7.80. The lowest BCUT2D eigenvalue weighted by atomic mass is 10.1. The maximum atomic E-state index is 11.9.